The minimum absolute atomic E-state index is 0.910. The van der Waals surface area contributed by atoms with Crippen molar-refractivity contribution in [3.63, 3.8) is 0 Å². The van der Waals surface area contributed by atoms with E-state index in [2.05, 4.69) is 22.3 Å². The van der Waals surface area contributed by atoms with Crippen LogP contribution in [-0.2, 0) is 7.05 Å². The second-order valence-electron chi connectivity index (χ2n) is 3.30. The fraction of sp³-hybridized carbons (Fsp3) is 0.400. The van der Waals surface area contributed by atoms with Crippen molar-refractivity contribution >= 4 is 16.7 Å². The molecule has 1 N–H and O–H groups in total. The molecular formula is C10H14N4. The van der Waals surface area contributed by atoms with Crippen LogP contribution in [0.25, 0.3) is 11.0 Å². The summed E-state index contributed by atoms with van der Waals surface area (Å²) in [7, 11) is 1.91. The van der Waals surface area contributed by atoms with E-state index in [1.165, 1.54) is 0 Å². The summed E-state index contributed by atoms with van der Waals surface area (Å²) < 4.78 is 1.81. The number of pyridine rings is 1. The van der Waals surface area contributed by atoms with E-state index in [1.807, 2.05) is 24.7 Å². The number of nitrogens with one attached hydrogen (secondary N) is 1. The highest BCUT2D eigenvalue weighted by Gasteiger charge is 2.09. The van der Waals surface area contributed by atoms with Gasteiger partial charge < -0.3 is 5.32 Å². The SMILES string of the molecule is CCNc1ccnc2c1c(C)nn2C. The molecule has 4 heteroatoms. The molecule has 0 aliphatic carbocycles. The van der Waals surface area contributed by atoms with Gasteiger partial charge in [0.2, 0.25) is 0 Å². The Morgan fingerprint density at radius 2 is 2.29 bits per heavy atom. The number of nitrogens with zero attached hydrogens (tertiary/aromatic N) is 3. The second-order valence-corrected chi connectivity index (χ2v) is 3.30. The molecule has 0 saturated carbocycles. The molecule has 0 aromatic carbocycles. The smallest absolute Gasteiger partial charge is 0.159 e. The maximum atomic E-state index is 4.35. The summed E-state index contributed by atoms with van der Waals surface area (Å²) in [5.41, 5.74) is 3.07. The number of anilines is 1. The van der Waals surface area contributed by atoms with Gasteiger partial charge in [-0.25, -0.2) is 4.98 Å². The van der Waals surface area contributed by atoms with Crippen molar-refractivity contribution in [2.24, 2.45) is 7.05 Å². The first-order chi connectivity index (χ1) is 6.74. The summed E-state index contributed by atoms with van der Waals surface area (Å²) in [5, 5.41) is 8.78. The highest BCUT2D eigenvalue weighted by Crippen LogP contribution is 2.23. The Labute approximate surface area is 82.9 Å². The summed E-state index contributed by atoms with van der Waals surface area (Å²) in [5.74, 6) is 0. The van der Waals surface area contributed by atoms with Crippen molar-refractivity contribution < 1.29 is 0 Å². The molecule has 0 amide bonds. The molecule has 14 heavy (non-hydrogen) atoms. The van der Waals surface area contributed by atoms with E-state index in [1.54, 1.807) is 6.20 Å². The molecule has 2 heterocycles. The summed E-state index contributed by atoms with van der Waals surface area (Å²) in [4.78, 5) is 4.30. The van der Waals surface area contributed by atoms with Crippen molar-refractivity contribution in [1.82, 2.24) is 14.8 Å². The first kappa shape index (κ1) is 8.99. The molecule has 0 atom stereocenters. The summed E-state index contributed by atoms with van der Waals surface area (Å²) in [6, 6.07) is 1.99. The van der Waals surface area contributed by atoms with Crippen molar-refractivity contribution in [2.45, 2.75) is 13.8 Å². The number of fused-ring (bicyclic) bond motifs is 1. The largest absolute Gasteiger partial charge is 0.385 e. The standard InChI is InChI=1S/C10H14N4/c1-4-11-8-5-6-12-10-9(8)7(2)13-14(10)3/h5-6H,4H2,1-3H3,(H,11,12). The van der Waals surface area contributed by atoms with Crippen molar-refractivity contribution in [1.29, 1.82) is 0 Å². The van der Waals surface area contributed by atoms with Gasteiger partial charge in [-0.05, 0) is 19.9 Å². The van der Waals surface area contributed by atoms with Crippen LogP contribution in [0.15, 0.2) is 12.3 Å². The number of hydrogen-bond acceptors (Lipinski definition) is 3. The van der Waals surface area contributed by atoms with Crippen molar-refractivity contribution in [3.05, 3.63) is 18.0 Å². The molecule has 2 rings (SSSR count). The van der Waals surface area contributed by atoms with Gasteiger partial charge >= 0.3 is 0 Å². The van der Waals surface area contributed by atoms with E-state index < -0.39 is 0 Å². The molecule has 4 nitrogen and oxygen atoms in total. The zero-order chi connectivity index (χ0) is 10.1. The lowest BCUT2D eigenvalue weighted by atomic mass is 10.2. The molecule has 0 spiro atoms. The Bertz CT molecular complexity index is 458. The maximum Gasteiger partial charge on any atom is 0.159 e. The number of aromatic nitrogens is 3. The van der Waals surface area contributed by atoms with Crippen LogP contribution in [0.5, 0.6) is 0 Å². The van der Waals surface area contributed by atoms with Crippen LogP contribution in [0.3, 0.4) is 0 Å². The van der Waals surface area contributed by atoms with Crippen LogP contribution in [0.4, 0.5) is 5.69 Å². The Morgan fingerprint density at radius 1 is 1.50 bits per heavy atom. The highest BCUT2D eigenvalue weighted by atomic mass is 15.3. The van der Waals surface area contributed by atoms with Gasteiger partial charge in [0.1, 0.15) is 0 Å². The van der Waals surface area contributed by atoms with Gasteiger partial charge in [0.25, 0.3) is 0 Å². The third-order valence-electron chi connectivity index (χ3n) is 2.27. The van der Waals surface area contributed by atoms with E-state index in [0.717, 1.165) is 29.0 Å². The Morgan fingerprint density at radius 3 is 3.00 bits per heavy atom. The molecule has 0 bridgehead atoms. The first-order valence-electron chi connectivity index (χ1n) is 4.76. The third kappa shape index (κ3) is 1.23. The minimum Gasteiger partial charge on any atom is -0.385 e. The van der Waals surface area contributed by atoms with Crippen LogP contribution in [-0.4, -0.2) is 21.3 Å². The van der Waals surface area contributed by atoms with Gasteiger partial charge in [0, 0.05) is 25.5 Å². The first-order valence-corrected chi connectivity index (χ1v) is 4.76. The lowest BCUT2D eigenvalue weighted by molar-refractivity contribution is 0.774. The van der Waals surface area contributed by atoms with Crippen LogP contribution in [0.1, 0.15) is 12.6 Å². The lowest BCUT2D eigenvalue weighted by Gasteiger charge is -2.04. The zero-order valence-corrected chi connectivity index (χ0v) is 8.70. The van der Waals surface area contributed by atoms with Gasteiger partial charge in [-0.3, -0.25) is 4.68 Å². The van der Waals surface area contributed by atoms with Gasteiger partial charge in [0.15, 0.2) is 5.65 Å². The van der Waals surface area contributed by atoms with E-state index in [4.69, 9.17) is 0 Å². The highest BCUT2D eigenvalue weighted by molar-refractivity contribution is 5.91. The predicted octanol–water partition coefficient (Wildman–Crippen LogP) is 1.71. The molecule has 0 aliphatic heterocycles. The minimum atomic E-state index is 0.910. The summed E-state index contributed by atoms with van der Waals surface area (Å²) >= 11 is 0. The molecular weight excluding hydrogens is 176 g/mol. The van der Waals surface area contributed by atoms with Gasteiger partial charge in [-0.15, -0.1) is 0 Å². The molecule has 0 radical (unpaired) electrons. The average Bonchev–Trinajstić information content (AvgIpc) is 2.44. The predicted molar refractivity (Wildman–Crippen MR) is 57.4 cm³/mol. The topological polar surface area (TPSA) is 42.7 Å². The second kappa shape index (κ2) is 3.29. The monoisotopic (exact) mass is 190 g/mol. The molecule has 74 valence electrons. The van der Waals surface area contributed by atoms with E-state index in [9.17, 15) is 0 Å². The fourth-order valence-corrected chi connectivity index (χ4v) is 1.71. The van der Waals surface area contributed by atoms with Crippen LogP contribution >= 0.6 is 0 Å². The molecule has 2 aromatic heterocycles. The van der Waals surface area contributed by atoms with E-state index in [0.29, 0.717) is 0 Å². The summed E-state index contributed by atoms with van der Waals surface area (Å²) in [6.07, 6.45) is 1.81. The van der Waals surface area contributed by atoms with Crippen LogP contribution in [0, 0.1) is 6.92 Å². The van der Waals surface area contributed by atoms with Gasteiger partial charge in [-0.1, -0.05) is 0 Å². The Kier molecular flexibility index (Phi) is 2.11. The normalized spacial score (nSPS) is 10.8. The van der Waals surface area contributed by atoms with E-state index in [-0.39, 0.29) is 0 Å². The maximum absolute atomic E-state index is 4.35. The molecule has 0 saturated heterocycles. The quantitative estimate of drug-likeness (QED) is 0.784. The molecule has 0 fully saturated rings. The number of aryl methyl sites for hydroxylation is 2. The average molecular weight is 190 g/mol. The van der Waals surface area contributed by atoms with Crippen LogP contribution < -0.4 is 5.32 Å². The number of hydrogen-bond donors (Lipinski definition) is 1. The molecule has 2 aromatic rings. The van der Waals surface area contributed by atoms with E-state index >= 15 is 0 Å². The summed E-state index contributed by atoms with van der Waals surface area (Å²) in [6.45, 7) is 5.00. The van der Waals surface area contributed by atoms with Crippen molar-refractivity contribution in [3.8, 4) is 0 Å². The van der Waals surface area contributed by atoms with Gasteiger partial charge in [-0.2, -0.15) is 5.10 Å². The third-order valence-corrected chi connectivity index (χ3v) is 2.27. The number of rotatable bonds is 2. The lowest BCUT2D eigenvalue weighted by Crippen LogP contribution is -1.98. The molecule has 0 aliphatic rings. The molecule has 0 unspecified atom stereocenters. The van der Waals surface area contributed by atoms with Gasteiger partial charge in [0.05, 0.1) is 11.1 Å². The van der Waals surface area contributed by atoms with Crippen molar-refractivity contribution in [2.75, 3.05) is 11.9 Å². The Balaban J connectivity index is 2.72. The van der Waals surface area contributed by atoms with Crippen LogP contribution in [0.2, 0.25) is 0 Å². The Hall–Kier alpha value is -1.58. The zero-order valence-electron chi connectivity index (χ0n) is 8.70. The fourth-order valence-electron chi connectivity index (χ4n) is 1.71.